The highest BCUT2D eigenvalue weighted by Crippen LogP contribution is 2.40. The van der Waals surface area contributed by atoms with Crippen LogP contribution < -0.4 is 9.47 Å². The summed E-state index contributed by atoms with van der Waals surface area (Å²) in [5, 5.41) is 10.2. The van der Waals surface area contributed by atoms with Gasteiger partial charge in [0.15, 0.2) is 10.8 Å². The summed E-state index contributed by atoms with van der Waals surface area (Å²) in [5.41, 5.74) is 0. The van der Waals surface area contributed by atoms with E-state index in [0.717, 1.165) is 0 Å². The average molecular weight is 160 g/mol. The van der Waals surface area contributed by atoms with E-state index >= 15 is 0 Å². The van der Waals surface area contributed by atoms with Crippen molar-refractivity contribution in [3.8, 4) is 15.9 Å². The van der Waals surface area contributed by atoms with E-state index in [4.69, 9.17) is 14.6 Å². The zero-order chi connectivity index (χ0) is 7.56. The molecule has 0 aromatic carbocycles. The summed E-state index contributed by atoms with van der Waals surface area (Å²) in [7, 11) is 3.05. The lowest BCUT2D eigenvalue weighted by molar-refractivity contribution is 0.384. The second-order valence-corrected chi connectivity index (χ2v) is 2.62. The van der Waals surface area contributed by atoms with Crippen LogP contribution in [-0.2, 0) is 0 Å². The third kappa shape index (κ3) is 1.16. The Bertz CT molecular complexity index is 219. The van der Waals surface area contributed by atoms with Gasteiger partial charge in [0, 0.05) is 6.07 Å². The number of ether oxygens (including phenoxy) is 2. The molecule has 0 spiro atoms. The molecule has 1 aromatic rings. The van der Waals surface area contributed by atoms with Crippen molar-refractivity contribution < 1.29 is 14.6 Å². The van der Waals surface area contributed by atoms with Crippen LogP contribution in [-0.4, -0.2) is 19.3 Å². The summed E-state index contributed by atoms with van der Waals surface area (Å²) in [4.78, 5) is 0. The van der Waals surface area contributed by atoms with Crippen molar-refractivity contribution in [2.75, 3.05) is 14.2 Å². The molecule has 10 heavy (non-hydrogen) atoms. The van der Waals surface area contributed by atoms with Crippen LogP contribution in [0.15, 0.2) is 6.07 Å². The van der Waals surface area contributed by atoms with Crippen LogP contribution in [0.5, 0.6) is 15.9 Å². The maximum Gasteiger partial charge on any atom is 0.219 e. The molecule has 4 heteroatoms. The first kappa shape index (κ1) is 7.21. The molecule has 0 radical (unpaired) electrons. The Hall–Kier alpha value is -0.900. The Kier molecular flexibility index (Phi) is 2.01. The molecule has 3 nitrogen and oxygen atoms in total. The maximum absolute atomic E-state index is 9.07. The molecule has 1 rings (SSSR count). The number of thiophene rings is 1. The fourth-order valence-electron chi connectivity index (χ4n) is 0.590. The predicted molar refractivity (Wildman–Crippen MR) is 39.1 cm³/mol. The molecular weight excluding hydrogens is 152 g/mol. The molecule has 56 valence electrons. The minimum atomic E-state index is 0.129. The molecular formula is C6H8O3S. The maximum atomic E-state index is 9.07. The Labute approximate surface area is 62.8 Å². The van der Waals surface area contributed by atoms with Gasteiger partial charge in [-0.3, -0.25) is 0 Å². The summed E-state index contributed by atoms with van der Waals surface area (Å²) < 4.78 is 9.67. The first-order valence-corrected chi connectivity index (χ1v) is 3.50. The molecule has 0 bridgehead atoms. The monoisotopic (exact) mass is 160 g/mol. The predicted octanol–water partition coefficient (Wildman–Crippen LogP) is 1.47. The smallest absolute Gasteiger partial charge is 0.219 e. The third-order valence-electron chi connectivity index (χ3n) is 1.04. The lowest BCUT2D eigenvalue weighted by Gasteiger charge is -1.91. The molecule has 0 aliphatic rings. The quantitative estimate of drug-likeness (QED) is 0.712. The van der Waals surface area contributed by atoms with Crippen molar-refractivity contribution in [3.63, 3.8) is 0 Å². The van der Waals surface area contributed by atoms with Crippen molar-refractivity contribution in [1.82, 2.24) is 0 Å². The van der Waals surface area contributed by atoms with Crippen molar-refractivity contribution in [1.29, 1.82) is 0 Å². The topological polar surface area (TPSA) is 38.7 Å². The third-order valence-corrected chi connectivity index (χ3v) is 2.09. The van der Waals surface area contributed by atoms with Gasteiger partial charge < -0.3 is 14.6 Å². The lowest BCUT2D eigenvalue weighted by atomic mass is 10.6. The molecule has 1 heterocycles. The molecule has 0 saturated carbocycles. The number of hydrogen-bond acceptors (Lipinski definition) is 4. The molecule has 0 aliphatic heterocycles. The number of hydrogen-bond donors (Lipinski definition) is 1. The van der Waals surface area contributed by atoms with E-state index in [9.17, 15) is 0 Å². The fourth-order valence-corrected chi connectivity index (χ4v) is 1.27. The molecule has 0 unspecified atom stereocenters. The number of rotatable bonds is 2. The van der Waals surface area contributed by atoms with Crippen LogP contribution >= 0.6 is 11.3 Å². The Balaban J connectivity index is 2.92. The zero-order valence-corrected chi connectivity index (χ0v) is 6.57. The molecule has 1 aromatic heterocycles. The van der Waals surface area contributed by atoms with Crippen LogP contribution in [0.4, 0.5) is 0 Å². The zero-order valence-electron chi connectivity index (χ0n) is 5.75. The summed E-state index contributed by atoms with van der Waals surface area (Å²) in [6.45, 7) is 0. The van der Waals surface area contributed by atoms with E-state index in [-0.39, 0.29) is 5.75 Å². The summed E-state index contributed by atoms with van der Waals surface area (Å²) in [6, 6.07) is 1.52. The lowest BCUT2D eigenvalue weighted by Crippen LogP contribution is -1.75. The van der Waals surface area contributed by atoms with Gasteiger partial charge in [-0.1, -0.05) is 11.3 Å². The van der Waals surface area contributed by atoms with Crippen LogP contribution in [0.1, 0.15) is 0 Å². The molecule has 0 saturated heterocycles. The highest BCUT2D eigenvalue weighted by Gasteiger charge is 2.06. The minimum Gasteiger partial charge on any atom is -0.504 e. The van der Waals surface area contributed by atoms with Gasteiger partial charge in [0.2, 0.25) is 5.06 Å². The number of methoxy groups -OCH3 is 2. The summed E-state index contributed by atoms with van der Waals surface area (Å²) in [5.74, 6) is 0.129. The molecule has 1 N–H and O–H groups in total. The Morgan fingerprint density at radius 2 is 2.10 bits per heavy atom. The summed E-state index contributed by atoms with van der Waals surface area (Å²) >= 11 is 1.27. The van der Waals surface area contributed by atoms with Gasteiger partial charge in [0.25, 0.3) is 0 Å². The Morgan fingerprint density at radius 1 is 1.40 bits per heavy atom. The molecule has 0 amide bonds. The van der Waals surface area contributed by atoms with E-state index in [1.807, 2.05) is 0 Å². The van der Waals surface area contributed by atoms with Gasteiger partial charge in [0.05, 0.1) is 14.2 Å². The van der Waals surface area contributed by atoms with Crippen molar-refractivity contribution >= 4 is 11.3 Å². The largest absolute Gasteiger partial charge is 0.504 e. The van der Waals surface area contributed by atoms with Gasteiger partial charge >= 0.3 is 0 Å². The highest BCUT2D eigenvalue weighted by molar-refractivity contribution is 7.16. The van der Waals surface area contributed by atoms with E-state index in [2.05, 4.69) is 0 Å². The Morgan fingerprint density at radius 3 is 2.40 bits per heavy atom. The van der Waals surface area contributed by atoms with E-state index in [1.165, 1.54) is 24.5 Å². The fraction of sp³-hybridized carbons (Fsp3) is 0.333. The first-order chi connectivity index (χ1) is 4.77. The SMILES string of the molecule is COc1cc(O)c(OC)s1. The van der Waals surface area contributed by atoms with Crippen molar-refractivity contribution in [2.24, 2.45) is 0 Å². The second-order valence-electron chi connectivity index (χ2n) is 1.65. The molecule has 0 fully saturated rings. The van der Waals surface area contributed by atoms with Crippen LogP contribution in [0.25, 0.3) is 0 Å². The first-order valence-electron chi connectivity index (χ1n) is 2.68. The van der Waals surface area contributed by atoms with E-state index in [1.54, 1.807) is 7.11 Å². The minimum absolute atomic E-state index is 0.129. The number of aromatic hydroxyl groups is 1. The molecule has 0 atom stereocenters. The van der Waals surface area contributed by atoms with E-state index in [0.29, 0.717) is 10.1 Å². The summed E-state index contributed by atoms with van der Waals surface area (Å²) in [6.07, 6.45) is 0. The second kappa shape index (κ2) is 2.79. The van der Waals surface area contributed by atoms with Crippen LogP contribution in [0, 0.1) is 0 Å². The van der Waals surface area contributed by atoms with Gasteiger partial charge in [-0.15, -0.1) is 0 Å². The highest BCUT2D eigenvalue weighted by atomic mass is 32.1. The van der Waals surface area contributed by atoms with Crippen molar-refractivity contribution in [3.05, 3.63) is 6.07 Å². The average Bonchev–Trinajstić information content (AvgIpc) is 2.30. The van der Waals surface area contributed by atoms with Gasteiger partial charge in [-0.2, -0.15) is 0 Å². The normalized spacial score (nSPS) is 9.40. The van der Waals surface area contributed by atoms with E-state index < -0.39 is 0 Å². The van der Waals surface area contributed by atoms with Crippen LogP contribution in [0.2, 0.25) is 0 Å². The van der Waals surface area contributed by atoms with Gasteiger partial charge in [-0.25, -0.2) is 0 Å². The van der Waals surface area contributed by atoms with Crippen LogP contribution in [0.3, 0.4) is 0 Å². The van der Waals surface area contributed by atoms with Gasteiger partial charge in [0.1, 0.15) is 0 Å². The van der Waals surface area contributed by atoms with Gasteiger partial charge in [-0.05, 0) is 0 Å². The van der Waals surface area contributed by atoms with Crippen molar-refractivity contribution in [2.45, 2.75) is 0 Å². The molecule has 0 aliphatic carbocycles. The standard InChI is InChI=1S/C6H8O3S/c1-8-5-3-4(7)6(9-2)10-5/h3,7H,1-2H3.